The largest absolute Gasteiger partial charge is 0.468 e. The number of hydrogen-bond donors (Lipinski definition) is 1. The highest BCUT2D eigenvalue weighted by Gasteiger charge is 2.55. The quantitative estimate of drug-likeness (QED) is 0.636. The summed E-state index contributed by atoms with van der Waals surface area (Å²) in [5.74, 6) is 1.51. The van der Waals surface area contributed by atoms with Crippen molar-refractivity contribution in [1.82, 2.24) is 5.32 Å². The number of rotatable bonds is 1. The topological polar surface area (TPSA) is 38.3 Å². The van der Waals surface area contributed by atoms with Crippen LogP contribution < -0.4 is 5.32 Å². The third-order valence-electron chi connectivity index (χ3n) is 4.23. The van der Waals surface area contributed by atoms with Crippen molar-refractivity contribution in [2.45, 2.75) is 43.7 Å². The molecule has 4 rings (SSSR count). The zero-order valence-electron chi connectivity index (χ0n) is 8.58. The number of piperidine rings is 2. The summed E-state index contributed by atoms with van der Waals surface area (Å²) < 4.78 is 4.93. The standard InChI is InChI=1S/C11H17NO2/c1-14-10(13)11-5-7-2-8(6-11)4-9(3-7)12-11/h7-9,12H,2-6H2,1H3. The first-order chi connectivity index (χ1) is 6.72. The van der Waals surface area contributed by atoms with Gasteiger partial charge in [0.05, 0.1) is 7.11 Å². The summed E-state index contributed by atoms with van der Waals surface area (Å²) in [5.41, 5.74) is -0.302. The lowest BCUT2D eigenvalue weighted by Crippen LogP contribution is -2.67. The predicted octanol–water partition coefficient (Wildman–Crippen LogP) is 1.08. The SMILES string of the molecule is COC(=O)C12CC3CC(CC(C3)N1)C2. The van der Waals surface area contributed by atoms with E-state index in [1.54, 1.807) is 0 Å². The molecule has 2 atom stereocenters. The summed E-state index contributed by atoms with van der Waals surface area (Å²) in [6, 6.07) is 0.584. The van der Waals surface area contributed by atoms with E-state index in [9.17, 15) is 4.79 Å². The third-order valence-corrected chi connectivity index (χ3v) is 4.23. The van der Waals surface area contributed by atoms with Crippen molar-refractivity contribution in [3.05, 3.63) is 0 Å². The second-order valence-corrected chi connectivity index (χ2v) is 5.26. The Labute approximate surface area is 84.2 Å². The molecule has 0 aromatic heterocycles. The predicted molar refractivity (Wildman–Crippen MR) is 51.7 cm³/mol. The van der Waals surface area contributed by atoms with Gasteiger partial charge >= 0.3 is 5.97 Å². The van der Waals surface area contributed by atoms with E-state index in [0.717, 1.165) is 24.7 Å². The van der Waals surface area contributed by atoms with E-state index in [1.165, 1.54) is 26.4 Å². The fourth-order valence-corrected chi connectivity index (χ4v) is 4.01. The second kappa shape index (κ2) is 2.72. The van der Waals surface area contributed by atoms with Crippen LogP contribution in [0.5, 0.6) is 0 Å². The van der Waals surface area contributed by atoms with Crippen molar-refractivity contribution in [2.24, 2.45) is 11.8 Å². The summed E-state index contributed by atoms with van der Waals surface area (Å²) in [5, 5.41) is 3.50. The van der Waals surface area contributed by atoms with Crippen molar-refractivity contribution in [2.75, 3.05) is 7.11 Å². The monoisotopic (exact) mass is 195 g/mol. The zero-order chi connectivity index (χ0) is 9.76. The normalized spacial score (nSPS) is 49.4. The molecule has 2 saturated heterocycles. The third kappa shape index (κ3) is 1.05. The summed E-state index contributed by atoms with van der Waals surface area (Å²) in [4.78, 5) is 11.8. The van der Waals surface area contributed by atoms with E-state index in [0.29, 0.717) is 6.04 Å². The Morgan fingerprint density at radius 1 is 1.29 bits per heavy atom. The lowest BCUT2D eigenvalue weighted by atomic mass is 9.59. The minimum absolute atomic E-state index is 0.0309. The smallest absolute Gasteiger partial charge is 0.326 e. The highest BCUT2D eigenvalue weighted by molar-refractivity contribution is 5.81. The van der Waals surface area contributed by atoms with E-state index in [1.807, 2.05) is 0 Å². The van der Waals surface area contributed by atoms with E-state index in [2.05, 4.69) is 5.32 Å². The van der Waals surface area contributed by atoms with Gasteiger partial charge in [0.25, 0.3) is 0 Å². The first kappa shape index (κ1) is 8.72. The number of ether oxygens (including phenoxy) is 1. The first-order valence-corrected chi connectivity index (χ1v) is 5.58. The van der Waals surface area contributed by atoms with Crippen molar-refractivity contribution in [1.29, 1.82) is 0 Å². The second-order valence-electron chi connectivity index (χ2n) is 5.26. The molecule has 2 unspecified atom stereocenters. The number of methoxy groups -OCH3 is 1. The first-order valence-electron chi connectivity index (χ1n) is 5.58. The lowest BCUT2D eigenvalue weighted by Gasteiger charge is -2.55. The van der Waals surface area contributed by atoms with Gasteiger partial charge in [0.15, 0.2) is 0 Å². The average Bonchev–Trinajstić information content (AvgIpc) is 2.14. The van der Waals surface area contributed by atoms with Gasteiger partial charge in [-0.1, -0.05) is 0 Å². The molecule has 3 heteroatoms. The molecule has 2 saturated carbocycles. The molecule has 0 aromatic carbocycles. The van der Waals surface area contributed by atoms with E-state index < -0.39 is 0 Å². The molecular weight excluding hydrogens is 178 g/mol. The Morgan fingerprint density at radius 2 is 1.93 bits per heavy atom. The van der Waals surface area contributed by atoms with Crippen molar-refractivity contribution >= 4 is 5.97 Å². The molecule has 1 N–H and O–H groups in total. The van der Waals surface area contributed by atoms with Gasteiger partial charge in [-0.2, -0.15) is 0 Å². The van der Waals surface area contributed by atoms with Crippen LogP contribution in [0.1, 0.15) is 32.1 Å². The maximum Gasteiger partial charge on any atom is 0.326 e. The molecule has 78 valence electrons. The van der Waals surface area contributed by atoms with Gasteiger partial charge < -0.3 is 4.74 Å². The van der Waals surface area contributed by atoms with E-state index >= 15 is 0 Å². The van der Waals surface area contributed by atoms with Crippen LogP contribution in [0.3, 0.4) is 0 Å². The van der Waals surface area contributed by atoms with Crippen LogP contribution in [0.15, 0.2) is 0 Å². The van der Waals surface area contributed by atoms with Gasteiger partial charge in [-0.05, 0) is 43.9 Å². The molecule has 14 heavy (non-hydrogen) atoms. The summed E-state index contributed by atoms with van der Waals surface area (Å²) in [7, 11) is 1.50. The Morgan fingerprint density at radius 3 is 2.43 bits per heavy atom. The minimum atomic E-state index is -0.302. The molecule has 0 aromatic rings. The van der Waals surface area contributed by atoms with Gasteiger partial charge in [0, 0.05) is 6.04 Å². The Kier molecular flexibility index (Phi) is 1.69. The minimum Gasteiger partial charge on any atom is -0.468 e. The van der Waals surface area contributed by atoms with Gasteiger partial charge in [-0.15, -0.1) is 0 Å². The maximum absolute atomic E-state index is 11.8. The fraction of sp³-hybridized carbons (Fsp3) is 0.909. The van der Waals surface area contributed by atoms with Crippen LogP contribution >= 0.6 is 0 Å². The molecule has 0 radical (unpaired) electrons. The Bertz CT molecular complexity index is 239. The van der Waals surface area contributed by atoms with Crippen LogP contribution in [0.2, 0.25) is 0 Å². The number of esters is 1. The molecule has 4 fully saturated rings. The summed E-state index contributed by atoms with van der Waals surface area (Å²) >= 11 is 0. The highest BCUT2D eigenvalue weighted by Crippen LogP contribution is 2.49. The molecular formula is C11H17NO2. The molecule has 2 heterocycles. The Hall–Kier alpha value is -0.570. The van der Waals surface area contributed by atoms with Gasteiger partial charge in [0.2, 0.25) is 0 Å². The molecule has 2 aliphatic heterocycles. The van der Waals surface area contributed by atoms with Crippen LogP contribution in [0.25, 0.3) is 0 Å². The maximum atomic E-state index is 11.8. The van der Waals surface area contributed by atoms with Crippen LogP contribution in [0.4, 0.5) is 0 Å². The zero-order valence-corrected chi connectivity index (χ0v) is 8.58. The number of nitrogens with one attached hydrogen (secondary N) is 1. The average molecular weight is 195 g/mol. The molecule has 2 aliphatic carbocycles. The number of hydrogen-bond acceptors (Lipinski definition) is 3. The van der Waals surface area contributed by atoms with Crippen LogP contribution in [0, 0.1) is 11.8 Å². The van der Waals surface area contributed by atoms with E-state index in [4.69, 9.17) is 4.74 Å². The molecule has 4 bridgehead atoms. The van der Waals surface area contributed by atoms with Gasteiger partial charge in [-0.25, -0.2) is 0 Å². The number of carbonyl (C=O) groups excluding carboxylic acids is 1. The molecule has 4 aliphatic rings. The van der Waals surface area contributed by atoms with Crippen LogP contribution in [-0.2, 0) is 9.53 Å². The summed E-state index contributed by atoms with van der Waals surface area (Å²) in [6.45, 7) is 0. The van der Waals surface area contributed by atoms with E-state index in [-0.39, 0.29) is 11.5 Å². The fourth-order valence-electron chi connectivity index (χ4n) is 4.01. The van der Waals surface area contributed by atoms with Gasteiger partial charge in [0.1, 0.15) is 5.54 Å². The molecule has 0 amide bonds. The Balaban J connectivity index is 1.91. The molecule has 0 spiro atoms. The molecule has 3 nitrogen and oxygen atoms in total. The summed E-state index contributed by atoms with van der Waals surface area (Å²) in [6.07, 6.45) is 5.90. The van der Waals surface area contributed by atoms with Gasteiger partial charge in [-0.3, -0.25) is 10.1 Å². The van der Waals surface area contributed by atoms with Crippen molar-refractivity contribution in [3.8, 4) is 0 Å². The highest BCUT2D eigenvalue weighted by atomic mass is 16.5. The van der Waals surface area contributed by atoms with Crippen LogP contribution in [-0.4, -0.2) is 24.7 Å². The van der Waals surface area contributed by atoms with Crippen molar-refractivity contribution in [3.63, 3.8) is 0 Å². The lowest BCUT2D eigenvalue weighted by molar-refractivity contribution is -0.158. The number of carbonyl (C=O) groups is 1. The van der Waals surface area contributed by atoms with Crippen molar-refractivity contribution < 1.29 is 9.53 Å².